The van der Waals surface area contributed by atoms with Gasteiger partial charge in [0, 0.05) is 18.0 Å². The van der Waals surface area contributed by atoms with E-state index in [0.29, 0.717) is 5.69 Å². The molecule has 7 nitrogen and oxygen atoms in total. The molecule has 1 amide bonds. The maximum atomic E-state index is 11.4. The molecule has 4 aromatic rings. The Bertz CT molecular complexity index is 1120. The van der Waals surface area contributed by atoms with Crippen LogP contribution in [-0.4, -0.2) is 32.8 Å². The Balaban J connectivity index is 1.85. The van der Waals surface area contributed by atoms with Crippen molar-refractivity contribution >= 4 is 16.9 Å². The smallest absolute Gasteiger partial charge is 0.223 e. The average Bonchev–Trinajstić information content (AvgIpc) is 3.10. The average molecular weight is 359 g/mol. The molecule has 2 aromatic heterocycles. The molecule has 0 aliphatic carbocycles. The molecule has 27 heavy (non-hydrogen) atoms. The Morgan fingerprint density at radius 3 is 2.48 bits per heavy atom. The van der Waals surface area contributed by atoms with Crippen LogP contribution in [0, 0.1) is 0 Å². The molecular formula is C20H17N5O2. The Labute approximate surface area is 155 Å². The number of carbonyl (C=O) groups excluding carboxylic acids is 1. The summed E-state index contributed by atoms with van der Waals surface area (Å²) in [6.45, 7) is 0. The van der Waals surface area contributed by atoms with Gasteiger partial charge in [-0.1, -0.05) is 6.07 Å². The van der Waals surface area contributed by atoms with E-state index in [9.17, 15) is 4.79 Å². The van der Waals surface area contributed by atoms with E-state index in [2.05, 4.69) is 15.1 Å². The molecule has 0 radical (unpaired) electrons. The first kappa shape index (κ1) is 16.7. The zero-order chi connectivity index (χ0) is 18.8. The van der Waals surface area contributed by atoms with Crippen molar-refractivity contribution in [1.82, 2.24) is 19.7 Å². The van der Waals surface area contributed by atoms with Gasteiger partial charge in [-0.3, -0.25) is 14.8 Å². The van der Waals surface area contributed by atoms with Crippen LogP contribution in [0.3, 0.4) is 0 Å². The van der Waals surface area contributed by atoms with Crippen LogP contribution in [0.25, 0.3) is 28.0 Å². The third-order valence-corrected chi connectivity index (χ3v) is 4.20. The first-order valence-corrected chi connectivity index (χ1v) is 8.37. The fraction of sp³-hybridized carbons (Fsp3) is 0.100. The number of hydrogen-bond donors (Lipinski definition) is 1. The zero-order valence-corrected chi connectivity index (χ0v) is 14.7. The van der Waals surface area contributed by atoms with Crippen LogP contribution >= 0.6 is 0 Å². The molecule has 0 saturated carbocycles. The summed E-state index contributed by atoms with van der Waals surface area (Å²) < 4.78 is 7.01. The minimum atomic E-state index is -0.426. The highest BCUT2D eigenvalue weighted by atomic mass is 16.5. The van der Waals surface area contributed by atoms with Crippen LogP contribution < -0.4 is 10.5 Å². The van der Waals surface area contributed by atoms with Gasteiger partial charge in [0.05, 0.1) is 41.6 Å². The number of hydrogen-bond acceptors (Lipinski definition) is 5. The molecule has 2 heterocycles. The van der Waals surface area contributed by atoms with Gasteiger partial charge in [0.15, 0.2) is 0 Å². The van der Waals surface area contributed by atoms with Crippen molar-refractivity contribution in [3.05, 3.63) is 66.6 Å². The zero-order valence-electron chi connectivity index (χ0n) is 14.7. The normalized spacial score (nSPS) is 10.9. The van der Waals surface area contributed by atoms with E-state index in [1.54, 1.807) is 24.2 Å². The van der Waals surface area contributed by atoms with Crippen molar-refractivity contribution < 1.29 is 9.53 Å². The molecule has 0 unspecified atom stereocenters. The molecule has 0 bridgehead atoms. The van der Waals surface area contributed by atoms with E-state index in [4.69, 9.17) is 10.5 Å². The number of aromatic nitrogens is 4. The van der Waals surface area contributed by atoms with Crippen LogP contribution in [0.2, 0.25) is 0 Å². The number of benzene rings is 2. The number of primary amides is 1. The Morgan fingerprint density at radius 1 is 1.04 bits per heavy atom. The van der Waals surface area contributed by atoms with Crippen molar-refractivity contribution in [2.45, 2.75) is 6.42 Å². The maximum absolute atomic E-state index is 11.4. The second kappa shape index (κ2) is 6.87. The van der Waals surface area contributed by atoms with Crippen LogP contribution in [0.1, 0.15) is 5.69 Å². The summed E-state index contributed by atoms with van der Waals surface area (Å²) in [4.78, 5) is 20.0. The fourth-order valence-electron chi connectivity index (χ4n) is 2.94. The monoisotopic (exact) mass is 359 g/mol. The van der Waals surface area contributed by atoms with E-state index >= 15 is 0 Å². The molecule has 4 rings (SSSR count). The largest absolute Gasteiger partial charge is 0.497 e. The van der Waals surface area contributed by atoms with Crippen molar-refractivity contribution in [3.8, 4) is 22.7 Å². The molecule has 0 spiro atoms. The summed E-state index contributed by atoms with van der Waals surface area (Å²) in [6, 6.07) is 15.2. The lowest BCUT2D eigenvalue weighted by molar-refractivity contribution is -0.117. The topological polar surface area (TPSA) is 95.9 Å². The summed E-state index contributed by atoms with van der Waals surface area (Å²) >= 11 is 0. The molecule has 2 N–H and O–H groups in total. The number of fused-ring (bicyclic) bond motifs is 1. The SMILES string of the molecule is COc1ccc(-n2nc(CC(N)=O)cc2-c2ccc3nccnc3c2)cc1. The van der Waals surface area contributed by atoms with E-state index < -0.39 is 5.91 Å². The number of methoxy groups -OCH3 is 1. The highest BCUT2D eigenvalue weighted by Gasteiger charge is 2.14. The van der Waals surface area contributed by atoms with Crippen molar-refractivity contribution in [2.24, 2.45) is 5.73 Å². The van der Waals surface area contributed by atoms with Gasteiger partial charge in [-0.2, -0.15) is 5.10 Å². The lowest BCUT2D eigenvalue weighted by Crippen LogP contribution is -2.14. The summed E-state index contributed by atoms with van der Waals surface area (Å²) in [6.07, 6.45) is 3.39. The number of amides is 1. The number of nitrogens with zero attached hydrogens (tertiary/aromatic N) is 4. The Morgan fingerprint density at radius 2 is 1.78 bits per heavy atom. The number of nitrogens with two attached hydrogens (primary N) is 1. The molecule has 0 fully saturated rings. The highest BCUT2D eigenvalue weighted by molar-refractivity contribution is 5.81. The number of carbonyl (C=O) groups is 1. The fourth-order valence-corrected chi connectivity index (χ4v) is 2.94. The summed E-state index contributed by atoms with van der Waals surface area (Å²) in [5.74, 6) is 0.330. The van der Waals surface area contributed by atoms with Gasteiger partial charge in [0.2, 0.25) is 5.91 Å². The van der Waals surface area contributed by atoms with Gasteiger partial charge in [-0.05, 0) is 42.5 Å². The van der Waals surface area contributed by atoms with Gasteiger partial charge in [0.25, 0.3) is 0 Å². The van der Waals surface area contributed by atoms with Gasteiger partial charge >= 0.3 is 0 Å². The Hall–Kier alpha value is -3.74. The third-order valence-electron chi connectivity index (χ3n) is 4.20. The van der Waals surface area contributed by atoms with Gasteiger partial charge in [-0.25, -0.2) is 4.68 Å². The predicted octanol–water partition coefficient (Wildman–Crippen LogP) is 2.52. The minimum absolute atomic E-state index is 0.0730. The lowest BCUT2D eigenvalue weighted by atomic mass is 10.1. The van der Waals surface area contributed by atoms with Crippen molar-refractivity contribution in [1.29, 1.82) is 0 Å². The van der Waals surface area contributed by atoms with Gasteiger partial charge in [-0.15, -0.1) is 0 Å². The van der Waals surface area contributed by atoms with Crippen molar-refractivity contribution in [2.75, 3.05) is 7.11 Å². The van der Waals surface area contributed by atoms with E-state index in [1.165, 1.54) is 0 Å². The lowest BCUT2D eigenvalue weighted by Gasteiger charge is -2.09. The van der Waals surface area contributed by atoms with Crippen LogP contribution in [-0.2, 0) is 11.2 Å². The van der Waals surface area contributed by atoms with Gasteiger partial charge < -0.3 is 10.5 Å². The predicted molar refractivity (Wildman–Crippen MR) is 102 cm³/mol. The highest BCUT2D eigenvalue weighted by Crippen LogP contribution is 2.27. The molecule has 0 aliphatic rings. The summed E-state index contributed by atoms with van der Waals surface area (Å²) in [5, 5.41) is 4.57. The third kappa shape index (κ3) is 3.35. The first-order valence-electron chi connectivity index (χ1n) is 8.37. The quantitative estimate of drug-likeness (QED) is 0.591. The molecule has 0 aliphatic heterocycles. The molecule has 2 aromatic carbocycles. The minimum Gasteiger partial charge on any atom is -0.497 e. The summed E-state index contributed by atoms with van der Waals surface area (Å²) in [7, 11) is 1.62. The van der Waals surface area contributed by atoms with E-state index in [0.717, 1.165) is 33.7 Å². The molecule has 7 heteroatoms. The van der Waals surface area contributed by atoms with Crippen LogP contribution in [0.15, 0.2) is 60.9 Å². The molecule has 0 saturated heterocycles. The maximum Gasteiger partial charge on any atom is 0.223 e. The molecule has 134 valence electrons. The standard InChI is InChI=1S/C20H17N5O2/c1-27-16-5-3-15(4-6-16)25-19(11-14(24-25)12-20(21)26)13-2-7-17-18(10-13)23-9-8-22-17/h2-11H,12H2,1H3,(H2,21,26). The van der Waals surface area contributed by atoms with E-state index in [1.807, 2.05) is 48.5 Å². The van der Waals surface area contributed by atoms with Crippen LogP contribution in [0.5, 0.6) is 5.75 Å². The molecular weight excluding hydrogens is 342 g/mol. The second-order valence-electron chi connectivity index (χ2n) is 6.03. The molecule has 0 atom stereocenters. The van der Waals surface area contributed by atoms with Gasteiger partial charge in [0.1, 0.15) is 5.75 Å². The Kier molecular flexibility index (Phi) is 4.25. The van der Waals surface area contributed by atoms with E-state index in [-0.39, 0.29) is 6.42 Å². The van der Waals surface area contributed by atoms with Crippen molar-refractivity contribution in [3.63, 3.8) is 0 Å². The first-order chi connectivity index (χ1) is 13.1. The number of ether oxygens (including phenoxy) is 1. The number of rotatable bonds is 5. The summed E-state index contributed by atoms with van der Waals surface area (Å²) in [5.41, 5.74) is 10.2. The van der Waals surface area contributed by atoms with Crippen LogP contribution in [0.4, 0.5) is 0 Å². The second-order valence-corrected chi connectivity index (χ2v) is 6.03.